The minimum atomic E-state index is -0.334. The standard InChI is InChI=1S/C14H22N2O2S/c1-9(2)7-8-16(11-5-6-11)14-15-12(10(3)19-14)13(17)18-4/h9,11H,5-8H2,1-4H3. The van der Waals surface area contributed by atoms with Gasteiger partial charge in [-0.05, 0) is 32.1 Å². The Hall–Kier alpha value is -1.10. The molecule has 0 spiro atoms. The van der Waals surface area contributed by atoms with Gasteiger partial charge in [0.05, 0.1) is 7.11 Å². The van der Waals surface area contributed by atoms with Gasteiger partial charge in [0.1, 0.15) is 0 Å². The van der Waals surface area contributed by atoms with E-state index in [0.717, 1.165) is 23.0 Å². The third kappa shape index (κ3) is 3.47. The van der Waals surface area contributed by atoms with E-state index in [1.165, 1.54) is 20.0 Å². The molecule has 0 bridgehead atoms. The van der Waals surface area contributed by atoms with Crippen molar-refractivity contribution in [1.29, 1.82) is 0 Å². The molecule has 1 aliphatic rings. The molecule has 0 saturated heterocycles. The van der Waals surface area contributed by atoms with Crippen molar-refractivity contribution >= 4 is 22.4 Å². The molecular formula is C14H22N2O2S. The molecule has 1 saturated carbocycles. The van der Waals surface area contributed by atoms with E-state index in [-0.39, 0.29) is 5.97 Å². The van der Waals surface area contributed by atoms with E-state index in [9.17, 15) is 4.79 Å². The SMILES string of the molecule is COC(=O)c1nc(N(CCC(C)C)C2CC2)sc1C. The lowest BCUT2D eigenvalue weighted by Gasteiger charge is -2.22. The summed E-state index contributed by atoms with van der Waals surface area (Å²) in [5.41, 5.74) is 0.470. The zero-order valence-corrected chi connectivity index (χ0v) is 12.9. The fourth-order valence-electron chi connectivity index (χ4n) is 2.01. The molecule has 19 heavy (non-hydrogen) atoms. The van der Waals surface area contributed by atoms with Gasteiger partial charge >= 0.3 is 5.97 Å². The van der Waals surface area contributed by atoms with Crippen molar-refractivity contribution in [1.82, 2.24) is 4.98 Å². The molecule has 0 aromatic carbocycles. The highest BCUT2D eigenvalue weighted by Crippen LogP contribution is 2.35. The third-order valence-electron chi connectivity index (χ3n) is 3.34. The van der Waals surface area contributed by atoms with Crippen molar-refractivity contribution in [3.05, 3.63) is 10.6 Å². The van der Waals surface area contributed by atoms with E-state index in [1.54, 1.807) is 11.3 Å². The Morgan fingerprint density at radius 3 is 2.74 bits per heavy atom. The number of anilines is 1. The maximum atomic E-state index is 11.6. The first-order valence-electron chi connectivity index (χ1n) is 6.85. The minimum absolute atomic E-state index is 0.334. The normalized spacial score (nSPS) is 14.8. The number of aryl methyl sites for hydroxylation is 1. The molecule has 0 N–H and O–H groups in total. The zero-order valence-electron chi connectivity index (χ0n) is 12.1. The second-order valence-electron chi connectivity index (χ2n) is 5.50. The van der Waals surface area contributed by atoms with Crippen molar-refractivity contribution in [2.75, 3.05) is 18.6 Å². The van der Waals surface area contributed by atoms with Gasteiger partial charge in [0.15, 0.2) is 10.8 Å². The molecule has 1 aromatic heterocycles. The first-order valence-corrected chi connectivity index (χ1v) is 7.67. The Labute approximate surface area is 118 Å². The molecule has 0 atom stereocenters. The summed E-state index contributed by atoms with van der Waals surface area (Å²) in [6.45, 7) is 7.42. The summed E-state index contributed by atoms with van der Waals surface area (Å²) >= 11 is 1.60. The van der Waals surface area contributed by atoms with E-state index in [4.69, 9.17) is 4.74 Å². The highest BCUT2D eigenvalue weighted by atomic mass is 32.1. The van der Waals surface area contributed by atoms with Crippen LogP contribution in [0.3, 0.4) is 0 Å². The van der Waals surface area contributed by atoms with Gasteiger partial charge in [-0.2, -0.15) is 0 Å². The van der Waals surface area contributed by atoms with Gasteiger partial charge in [-0.3, -0.25) is 0 Å². The van der Waals surface area contributed by atoms with Crippen LogP contribution in [0.2, 0.25) is 0 Å². The molecule has 0 amide bonds. The van der Waals surface area contributed by atoms with Crippen molar-refractivity contribution in [3.63, 3.8) is 0 Å². The molecule has 1 heterocycles. The molecule has 0 radical (unpaired) electrons. The smallest absolute Gasteiger partial charge is 0.357 e. The monoisotopic (exact) mass is 282 g/mol. The van der Waals surface area contributed by atoms with Crippen LogP contribution in [0.25, 0.3) is 0 Å². The Kier molecular flexibility index (Phi) is 4.45. The molecule has 2 rings (SSSR count). The van der Waals surface area contributed by atoms with Gasteiger partial charge in [-0.25, -0.2) is 9.78 Å². The number of esters is 1. The summed E-state index contributed by atoms with van der Waals surface area (Å²) < 4.78 is 4.77. The Bertz CT molecular complexity index is 452. The van der Waals surface area contributed by atoms with Crippen molar-refractivity contribution in [3.8, 4) is 0 Å². The fraction of sp³-hybridized carbons (Fsp3) is 0.714. The van der Waals surface area contributed by atoms with Gasteiger partial charge in [0.2, 0.25) is 0 Å². The third-order valence-corrected chi connectivity index (χ3v) is 4.35. The molecule has 1 aromatic rings. The number of thiazole rings is 1. The second kappa shape index (κ2) is 5.90. The molecule has 4 nitrogen and oxygen atoms in total. The predicted molar refractivity (Wildman–Crippen MR) is 78.0 cm³/mol. The fourth-order valence-corrected chi connectivity index (χ4v) is 3.00. The summed E-state index contributed by atoms with van der Waals surface area (Å²) in [7, 11) is 1.40. The number of hydrogen-bond donors (Lipinski definition) is 0. The average molecular weight is 282 g/mol. The van der Waals surface area contributed by atoms with Gasteiger partial charge in [0.25, 0.3) is 0 Å². The summed E-state index contributed by atoms with van der Waals surface area (Å²) in [6.07, 6.45) is 3.64. The number of ether oxygens (including phenoxy) is 1. The van der Waals surface area contributed by atoms with Crippen molar-refractivity contribution < 1.29 is 9.53 Å². The van der Waals surface area contributed by atoms with Crippen LogP contribution in [-0.2, 0) is 4.74 Å². The lowest BCUT2D eigenvalue weighted by Crippen LogP contribution is -2.27. The van der Waals surface area contributed by atoms with Crippen molar-refractivity contribution in [2.24, 2.45) is 5.92 Å². The van der Waals surface area contributed by atoms with Crippen LogP contribution in [0.1, 0.15) is 48.5 Å². The summed E-state index contributed by atoms with van der Waals surface area (Å²) in [5, 5.41) is 0.973. The number of nitrogens with zero attached hydrogens (tertiary/aromatic N) is 2. The Morgan fingerprint density at radius 1 is 1.53 bits per heavy atom. The van der Waals surface area contributed by atoms with Gasteiger partial charge in [-0.1, -0.05) is 13.8 Å². The number of carbonyl (C=O) groups is 1. The van der Waals surface area contributed by atoms with E-state index >= 15 is 0 Å². The van der Waals surface area contributed by atoms with E-state index < -0.39 is 0 Å². The average Bonchev–Trinajstić information content (AvgIpc) is 3.12. The van der Waals surface area contributed by atoms with E-state index in [2.05, 4.69) is 23.7 Å². The predicted octanol–water partition coefficient (Wildman–Crippen LogP) is 3.25. The number of hydrogen-bond acceptors (Lipinski definition) is 5. The molecule has 0 aliphatic heterocycles. The second-order valence-corrected chi connectivity index (χ2v) is 6.68. The largest absolute Gasteiger partial charge is 0.464 e. The van der Waals surface area contributed by atoms with Gasteiger partial charge in [-0.15, -0.1) is 11.3 Å². The first-order chi connectivity index (χ1) is 9.02. The molecular weight excluding hydrogens is 260 g/mol. The van der Waals surface area contributed by atoms with E-state index in [0.29, 0.717) is 17.7 Å². The Morgan fingerprint density at radius 2 is 2.21 bits per heavy atom. The molecule has 5 heteroatoms. The molecule has 106 valence electrons. The summed E-state index contributed by atoms with van der Waals surface area (Å²) in [5.74, 6) is 0.349. The zero-order chi connectivity index (χ0) is 14.0. The van der Waals surface area contributed by atoms with Crippen LogP contribution in [-0.4, -0.2) is 30.6 Å². The van der Waals surface area contributed by atoms with Crippen LogP contribution in [0, 0.1) is 12.8 Å². The maximum absolute atomic E-state index is 11.6. The summed E-state index contributed by atoms with van der Waals surface area (Å²) in [4.78, 5) is 19.4. The van der Waals surface area contributed by atoms with Crippen molar-refractivity contribution in [2.45, 2.75) is 46.1 Å². The van der Waals surface area contributed by atoms with Crippen LogP contribution >= 0.6 is 11.3 Å². The lowest BCUT2D eigenvalue weighted by atomic mass is 10.1. The van der Waals surface area contributed by atoms with Crippen LogP contribution in [0.15, 0.2) is 0 Å². The number of aromatic nitrogens is 1. The molecule has 0 unspecified atom stereocenters. The number of methoxy groups -OCH3 is 1. The minimum Gasteiger partial charge on any atom is -0.464 e. The van der Waals surface area contributed by atoms with Gasteiger partial charge < -0.3 is 9.64 Å². The van der Waals surface area contributed by atoms with Crippen LogP contribution in [0.5, 0.6) is 0 Å². The van der Waals surface area contributed by atoms with Gasteiger partial charge in [0, 0.05) is 17.5 Å². The Balaban J connectivity index is 2.15. The number of rotatable bonds is 6. The van der Waals surface area contributed by atoms with Crippen LogP contribution < -0.4 is 4.90 Å². The summed E-state index contributed by atoms with van der Waals surface area (Å²) in [6, 6.07) is 0.620. The quantitative estimate of drug-likeness (QED) is 0.751. The highest BCUT2D eigenvalue weighted by Gasteiger charge is 2.32. The first kappa shape index (κ1) is 14.3. The van der Waals surface area contributed by atoms with Crippen LogP contribution in [0.4, 0.5) is 5.13 Å². The lowest BCUT2D eigenvalue weighted by molar-refractivity contribution is 0.0594. The topological polar surface area (TPSA) is 42.4 Å². The maximum Gasteiger partial charge on any atom is 0.357 e. The molecule has 1 fully saturated rings. The molecule has 1 aliphatic carbocycles. The number of carbonyl (C=O) groups excluding carboxylic acids is 1. The van der Waals surface area contributed by atoms with E-state index in [1.807, 2.05) is 6.92 Å². The highest BCUT2D eigenvalue weighted by molar-refractivity contribution is 7.15.